The first-order valence-corrected chi connectivity index (χ1v) is 4.63. The molecule has 0 aliphatic rings. The highest BCUT2D eigenvalue weighted by atomic mass is 16.1. The number of carbonyl (C=O) groups excluding carboxylic acids is 1. The average molecular weight is 207 g/mol. The van der Waals surface area contributed by atoms with Crippen molar-refractivity contribution < 1.29 is 4.79 Å². The highest BCUT2D eigenvalue weighted by Gasteiger charge is 1.90. The van der Waals surface area contributed by atoms with Crippen LogP contribution in [0.1, 0.15) is 13.8 Å². The maximum Gasteiger partial charge on any atom is 0.151 e. The van der Waals surface area contributed by atoms with Gasteiger partial charge < -0.3 is 11.5 Å². The molecule has 0 heterocycles. The van der Waals surface area contributed by atoms with E-state index in [0.717, 1.165) is 11.4 Å². The number of nitrogens with zero attached hydrogens (tertiary/aromatic N) is 1. The quantitative estimate of drug-likeness (QED) is 0.304. The Bertz CT molecular complexity index is 325. The fraction of sp³-hybridized carbons (Fsp3) is 0.273. The molecule has 0 bridgehead atoms. The molecular weight excluding hydrogens is 190 g/mol. The van der Waals surface area contributed by atoms with E-state index in [1.54, 1.807) is 12.2 Å². The van der Waals surface area contributed by atoms with Crippen LogP contribution < -0.4 is 11.5 Å². The average Bonchev–Trinajstić information content (AvgIpc) is 2.27. The summed E-state index contributed by atoms with van der Waals surface area (Å²) in [6.45, 7) is 4.10. The van der Waals surface area contributed by atoms with Crippen molar-refractivity contribution in [3.05, 3.63) is 35.7 Å². The zero-order chi connectivity index (χ0) is 11.7. The summed E-state index contributed by atoms with van der Waals surface area (Å²) in [6, 6.07) is 0. The Balaban J connectivity index is 4.61. The van der Waals surface area contributed by atoms with Crippen LogP contribution in [0.3, 0.4) is 0 Å². The maximum absolute atomic E-state index is 10.4. The van der Waals surface area contributed by atoms with Gasteiger partial charge in [-0.2, -0.15) is 0 Å². The van der Waals surface area contributed by atoms with Crippen molar-refractivity contribution in [2.24, 2.45) is 16.5 Å². The molecule has 0 fully saturated rings. The van der Waals surface area contributed by atoms with Gasteiger partial charge in [-0.15, -0.1) is 0 Å². The van der Waals surface area contributed by atoms with Gasteiger partial charge in [0.1, 0.15) is 0 Å². The van der Waals surface area contributed by atoms with Crippen LogP contribution in [0.25, 0.3) is 0 Å². The summed E-state index contributed by atoms with van der Waals surface area (Å²) in [4.78, 5) is 14.6. The minimum absolute atomic E-state index is 0.398. The van der Waals surface area contributed by atoms with Gasteiger partial charge in [0.15, 0.2) is 6.29 Å². The summed E-state index contributed by atoms with van der Waals surface area (Å²) in [6.07, 6.45) is 7.10. The number of rotatable bonds is 5. The molecule has 0 saturated carbocycles. The number of aldehydes is 1. The van der Waals surface area contributed by atoms with Crippen molar-refractivity contribution in [1.29, 1.82) is 0 Å². The van der Waals surface area contributed by atoms with E-state index in [-0.39, 0.29) is 0 Å². The molecule has 4 N–H and O–H groups in total. The second-order valence-electron chi connectivity index (χ2n) is 2.86. The van der Waals surface area contributed by atoms with Crippen molar-refractivity contribution in [3.63, 3.8) is 0 Å². The number of hydrogen-bond acceptors (Lipinski definition) is 4. The predicted molar refractivity (Wildman–Crippen MR) is 63.4 cm³/mol. The summed E-state index contributed by atoms with van der Waals surface area (Å²) >= 11 is 0. The summed E-state index contributed by atoms with van der Waals surface area (Å²) in [5, 5.41) is 0. The highest BCUT2D eigenvalue weighted by Crippen LogP contribution is 1.97. The molecule has 0 aliphatic carbocycles. The van der Waals surface area contributed by atoms with Crippen molar-refractivity contribution >= 4 is 12.0 Å². The lowest BCUT2D eigenvalue weighted by Crippen LogP contribution is -2.02. The largest absolute Gasteiger partial charge is 0.404 e. The van der Waals surface area contributed by atoms with Crippen LogP contribution in [0, 0.1) is 0 Å². The summed E-state index contributed by atoms with van der Waals surface area (Å²) in [7, 11) is 0. The minimum Gasteiger partial charge on any atom is -0.404 e. The maximum atomic E-state index is 10.4. The molecule has 15 heavy (non-hydrogen) atoms. The Labute approximate surface area is 90.1 Å². The Kier molecular flexibility index (Phi) is 6.84. The third-order valence-corrected chi connectivity index (χ3v) is 1.71. The fourth-order valence-electron chi connectivity index (χ4n) is 0.843. The lowest BCUT2D eigenvalue weighted by Gasteiger charge is -1.96. The van der Waals surface area contributed by atoms with Gasteiger partial charge >= 0.3 is 0 Å². The minimum atomic E-state index is 0.398. The Hall–Kier alpha value is -1.68. The van der Waals surface area contributed by atoms with Crippen molar-refractivity contribution in [2.45, 2.75) is 13.8 Å². The van der Waals surface area contributed by atoms with E-state index in [0.29, 0.717) is 18.4 Å². The fourth-order valence-corrected chi connectivity index (χ4v) is 0.843. The van der Waals surface area contributed by atoms with E-state index in [1.165, 1.54) is 6.20 Å². The number of nitrogens with two attached hydrogens (primary N) is 2. The van der Waals surface area contributed by atoms with Crippen LogP contribution >= 0.6 is 0 Å². The number of hydrogen-bond donors (Lipinski definition) is 2. The third-order valence-electron chi connectivity index (χ3n) is 1.71. The lowest BCUT2D eigenvalue weighted by atomic mass is 10.2. The van der Waals surface area contributed by atoms with Crippen molar-refractivity contribution in [3.8, 4) is 0 Å². The summed E-state index contributed by atoms with van der Waals surface area (Å²) < 4.78 is 0. The third kappa shape index (κ3) is 5.59. The first kappa shape index (κ1) is 13.3. The van der Waals surface area contributed by atoms with Crippen molar-refractivity contribution in [1.82, 2.24) is 0 Å². The van der Waals surface area contributed by atoms with E-state index in [9.17, 15) is 4.79 Å². The molecule has 0 amide bonds. The van der Waals surface area contributed by atoms with Crippen LogP contribution in [0.2, 0.25) is 0 Å². The molecule has 0 unspecified atom stereocenters. The first-order chi connectivity index (χ1) is 7.17. The monoisotopic (exact) mass is 207 g/mol. The van der Waals surface area contributed by atoms with E-state index in [4.69, 9.17) is 11.5 Å². The molecule has 0 aromatic carbocycles. The number of carbonyl (C=O) groups is 1. The normalized spacial score (nSPS) is 14.7. The van der Waals surface area contributed by atoms with Crippen LogP contribution in [0.15, 0.2) is 40.7 Å². The van der Waals surface area contributed by atoms with Crippen LogP contribution in [0.4, 0.5) is 0 Å². The highest BCUT2D eigenvalue weighted by molar-refractivity contribution is 5.95. The van der Waals surface area contributed by atoms with Gasteiger partial charge in [-0.1, -0.05) is 6.08 Å². The van der Waals surface area contributed by atoms with Gasteiger partial charge in [0.05, 0.1) is 0 Å². The number of allylic oxidation sites excluding steroid dienone is 4. The zero-order valence-corrected chi connectivity index (χ0v) is 9.10. The zero-order valence-electron chi connectivity index (χ0n) is 9.10. The summed E-state index contributed by atoms with van der Waals surface area (Å²) in [5.74, 6) is 0. The topological polar surface area (TPSA) is 81.5 Å². The van der Waals surface area contributed by atoms with Crippen LogP contribution in [-0.4, -0.2) is 18.5 Å². The van der Waals surface area contributed by atoms with Crippen LogP contribution in [0.5, 0.6) is 0 Å². The molecule has 0 saturated heterocycles. The molecule has 0 aliphatic heterocycles. The van der Waals surface area contributed by atoms with Gasteiger partial charge in [-0.05, 0) is 26.0 Å². The molecule has 0 aromatic rings. The van der Waals surface area contributed by atoms with Gasteiger partial charge in [0.25, 0.3) is 0 Å². The molecule has 0 atom stereocenters. The second-order valence-corrected chi connectivity index (χ2v) is 2.86. The predicted octanol–water partition coefficient (Wildman–Crippen LogP) is 0.908. The van der Waals surface area contributed by atoms with E-state index >= 15 is 0 Å². The Morgan fingerprint density at radius 1 is 1.40 bits per heavy atom. The molecule has 0 radical (unpaired) electrons. The van der Waals surface area contributed by atoms with Gasteiger partial charge in [-0.25, -0.2) is 0 Å². The van der Waals surface area contributed by atoms with Gasteiger partial charge in [-0.3, -0.25) is 9.79 Å². The van der Waals surface area contributed by atoms with E-state index in [2.05, 4.69) is 4.99 Å². The lowest BCUT2D eigenvalue weighted by molar-refractivity contribution is -0.104. The molecule has 4 heteroatoms. The molecule has 0 rings (SSSR count). The molecule has 4 nitrogen and oxygen atoms in total. The standard InChI is InChI=1S/C11H17N3O/c1-3-11(7-13)14-9(2)4-5-10(6-12)8-15/h3-6,8H,7,12-13H2,1-2H3/b5-4-,10-6+,11-3-,14-9-. The van der Waals surface area contributed by atoms with Crippen LogP contribution in [-0.2, 0) is 4.79 Å². The summed E-state index contributed by atoms with van der Waals surface area (Å²) in [5.41, 5.74) is 12.7. The Morgan fingerprint density at radius 3 is 2.47 bits per heavy atom. The SMILES string of the molecule is C\C=C(CN)/N=C(C)\C=C/C(C=O)=C\N. The number of aliphatic imine (C=N–C) groups is 1. The van der Waals surface area contributed by atoms with E-state index < -0.39 is 0 Å². The second kappa shape index (κ2) is 7.70. The van der Waals surface area contributed by atoms with Gasteiger partial charge in [0.2, 0.25) is 0 Å². The smallest absolute Gasteiger partial charge is 0.151 e. The first-order valence-electron chi connectivity index (χ1n) is 4.63. The van der Waals surface area contributed by atoms with E-state index in [1.807, 2.05) is 19.9 Å². The molecule has 0 aromatic heterocycles. The molecule has 0 spiro atoms. The molecule has 82 valence electrons. The molecular formula is C11H17N3O. The van der Waals surface area contributed by atoms with Crippen molar-refractivity contribution in [2.75, 3.05) is 6.54 Å². The Morgan fingerprint density at radius 2 is 2.07 bits per heavy atom. The van der Waals surface area contributed by atoms with Gasteiger partial charge in [0, 0.05) is 29.7 Å².